The molecule has 4 heteroatoms. The Morgan fingerprint density at radius 2 is 2.00 bits per heavy atom. The lowest BCUT2D eigenvalue weighted by Gasteiger charge is -1.99. The number of halogens is 1. The molecular weight excluding hydrogens is 248 g/mol. The Bertz CT molecular complexity index is 263. The summed E-state index contributed by atoms with van der Waals surface area (Å²) in [5, 5.41) is 0.486. The predicted molar refractivity (Wildman–Crippen MR) is 72.2 cm³/mol. The average Bonchev–Trinajstić information content (AvgIpc) is 2.63. The van der Waals surface area contributed by atoms with Crippen molar-refractivity contribution in [2.75, 3.05) is 11.5 Å². The van der Waals surface area contributed by atoms with Crippen molar-refractivity contribution >= 4 is 36.0 Å². The largest absolute Gasteiger partial charge is 0.449 e. The van der Waals surface area contributed by atoms with Gasteiger partial charge in [-0.05, 0) is 48.1 Å². The number of furan rings is 1. The van der Waals surface area contributed by atoms with Crippen LogP contribution in [0.2, 0.25) is 5.22 Å². The van der Waals surface area contributed by atoms with Gasteiger partial charge in [-0.3, -0.25) is 0 Å². The number of thiol groups is 1. The van der Waals surface area contributed by atoms with Gasteiger partial charge in [-0.2, -0.15) is 24.4 Å². The number of hydrogen-bond donors (Lipinski definition) is 1. The fourth-order valence-corrected chi connectivity index (χ4v) is 2.57. The van der Waals surface area contributed by atoms with Crippen LogP contribution in [-0.4, -0.2) is 11.5 Å². The Morgan fingerprint density at radius 3 is 2.67 bits per heavy atom. The van der Waals surface area contributed by atoms with Gasteiger partial charge in [-0.1, -0.05) is 12.8 Å². The highest BCUT2D eigenvalue weighted by Gasteiger charge is 1.99. The zero-order valence-electron chi connectivity index (χ0n) is 8.75. The van der Waals surface area contributed by atoms with Crippen molar-refractivity contribution < 1.29 is 4.42 Å². The van der Waals surface area contributed by atoms with E-state index >= 15 is 0 Å². The molecule has 1 aromatic rings. The van der Waals surface area contributed by atoms with E-state index in [4.69, 9.17) is 16.0 Å². The number of thioether (sulfide) groups is 1. The fraction of sp³-hybridized carbons (Fsp3) is 0.636. The van der Waals surface area contributed by atoms with Crippen LogP contribution >= 0.6 is 36.0 Å². The molecule has 0 radical (unpaired) electrons. The van der Waals surface area contributed by atoms with Gasteiger partial charge in [0.15, 0.2) is 5.22 Å². The molecule has 0 saturated heterocycles. The SMILES string of the molecule is SCCCCCCSCc1ccc(Cl)o1. The van der Waals surface area contributed by atoms with Gasteiger partial charge in [0.05, 0.1) is 5.75 Å². The van der Waals surface area contributed by atoms with Crippen molar-refractivity contribution in [1.82, 2.24) is 0 Å². The van der Waals surface area contributed by atoms with E-state index < -0.39 is 0 Å². The first kappa shape index (κ1) is 13.3. The molecule has 0 N–H and O–H groups in total. The molecule has 1 nitrogen and oxygen atoms in total. The predicted octanol–water partition coefficient (Wildman–Crippen LogP) is 4.66. The van der Waals surface area contributed by atoms with Gasteiger partial charge in [-0.25, -0.2) is 0 Å². The van der Waals surface area contributed by atoms with Gasteiger partial charge in [-0.15, -0.1) is 0 Å². The minimum absolute atomic E-state index is 0.486. The first-order valence-electron chi connectivity index (χ1n) is 5.26. The van der Waals surface area contributed by atoms with Crippen molar-refractivity contribution in [3.05, 3.63) is 23.1 Å². The van der Waals surface area contributed by atoms with Crippen molar-refractivity contribution in [1.29, 1.82) is 0 Å². The van der Waals surface area contributed by atoms with Crippen LogP contribution in [0.3, 0.4) is 0 Å². The molecule has 0 aliphatic rings. The summed E-state index contributed by atoms with van der Waals surface area (Å²) in [5.74, 6) is 4.11. The summed E-state index contributed by atoms with van der Waals surface area (Å²) in [7, 11) is 0. The molecule has 0 atom stereocenters. The first-order valence-corrected chi connectivity index (χ1v) is 7.42. The Kier molecular flexibility index (Phi) is 7.49. The maximum atomic E-state index is 5.67. The van der Waals surface area contributed by atoms with Crippen LogP contribution in [0.5, 0.6) is 0 Å². The zero-order chi connectivity index (χ0) is 10.9. The summed E-state index contributed by atoms with van der Waals surface area (Å²) in [6.45, 7) is 0. The molecule has 0 spiro atoms. The smallest absolute Gasteiger partial charge is 0.193 e. The first-order chi connectivity index (χ1) is 7.33. The van der Waals surface area contributed by atoms with Crippen molar-refractivity contribution in [2.24, 2.45) is 0 Å². The number of rotatable bonds is 8. The van der Waals surface area contributed by atoms with Crippen LogP contribution in [0.15, 0.2) is 16.5 Å². The highest BCUT2D eigenvalue weighted by molar-refractivity contribution is 7.98. The molecule has 86 valence electrons. The van der Waals surface area contributed by atoms with Gasteiger partial charge >= 0.3 is 0 Å². The van der Waals surface area contributed by atoms with E-state index in [9.17, 15) is 0 Å². The van der Waals surface area contributed by atoms with Gasteiger partial charge in [0.1, 0.15) is 5.76 Å². The summed E-state index contributed by atoms with van der Waals surface area (Å²) in [5.41, 5.74) is 0. The normalized spacial score (nSPS) is 10.8. The third-order valence-electron chi connectivity index (χ3n) is 2.07. The minimum atomic E-state index is 0.486. The standard InChI is InChI=1S/C11H17ClOS2/c12-11-6-5-10(13-11)9-15-8-4-2-1-3-7-14/h5-6,14H,1-4,7-9H2. The minimum Gasteiger partial charge on any atom is -0.449 e. The Balaban J connectivity index is 1.93. The molecule has 1 aromatic heterocycles. The number of hydrogen-bond acceptors (Lipinski definition) is 3. The van der Waals surface area contributed by atoms with Crippen molar-refractivity contribution in [2.45, 2.75) is 31.4 Å². The zero-order valence-corrected chi connectivity index (χ0v) is 11.2. The molecule has 1 rings (SSSR count). The van der Waals surface area contributed by atoms with Crippen LogP contribution < -0.4 is 0 Å². The highest BCUT2D eigenvalue weighted by atomic mass is 35.5. The van der Waals surface area contributed by atoms with E-state index in [1.165, 1.54) is 31.4 Å². The molecule has 0 aliphatic carbocycles. The third-order valence-corrected chi connectivity index (χ3v) is 3.66. The van der Waals surface area contributed by atoms with Crippen LogP contribution in [0.25, 0.3) is 0 Å². The van der Waals surface area contributed by atoms with Crippen molar-refractivity contribution in [3.8, 4) is 0 Å². The van der Waals surface area contributed by atoms with E-state index in [1.54, 1.807) is 6.07 Å². The monoisotopic (exact) mass is 264 g/mol. The molecule has 0 saturated carbocycles. The van der Waals surface area contributed by atoms with Crippen LogP contribution in [0.1, 0.15) is 31.4 Å². The second-order valence-corrected chi connectivity index (χ2v) is 5.32. The molecule has 0 aliphatic heterocycles. The molecular formula is C11H17ClOS2. The Hall–Kier alpha value is 0.270. The summed E-state index contributed by atoms with van der Waals surface area (Å²) < 4.78 is 5.26. The lowest BCUT2D eigenvalue weighted by molar-refractivity contribution is 0.532. The van der Waals surface area contributed by atoms with E-state index in [0.29, 0.717) is 5.22 Å². The highest BCUT2D eigenvalue weighted by Crippen LogP contribution is 2.19. The number of unbranched alkanes of at least 4 members (excludes halogenated alkanes) is 3. The lowest BCUT2D eigenvalue weighted by atomic mass is 10.2. The topological polar surface area (TPSA) is 13.1 Å². The third kappa shape index (κ3) is 6.44. The van der Waals surface area contributed by atoms with Crippen LogP contribution in [-0.2, 0) is 5.75 Å². The summed E-state index contributed by atoms with van der Waals surface area (Å²) in [4.78, 5) is 0. The summed E-state index contributed by atoms with van der Waals surface area (Å²) in [6.07, 6.45) is 5.14. The molecule has 0 bridgehead atoms. The summed E-state index contributed by atoms with van der Waals surface area (Å²) >= 11 is 11.8. The molecule has 0 fully saturated rings. The molecule has 0 unspecified atom stereocenters. The van der Waals surface area contributed by atoms with E-state index in [-0.39, 0.29) is 0 Å². The second kappa shape index (κ2) is 8.43. The van der Waals surface area contributed by atoms with E-state index in [1.807, 2.05) is 17.8 Å². The fourth-order valence-electron chi connectivity index (χ4n) is 1.27. The Morgan fingerprint density at radius 1 is 1.20 bits per heavy atom. The van der Waals surface area contributed by atoms with Crippen LogP contribution in [0.4, 0.5) is 0 Å². The Labute approximate surface area is 106 Å². The van der Waals surface area contributed by atoms with Gasteiger partial charge in [0.2, 0.25) is 0 Å². The second-order valence-electron chi connectivity index (χ2n) is 3.40. The lowest BCUT2D eigenvalue weighted by Crippen LogP contribution is -1.84. The van der Waals surface area contributed by atoms with Crippen LogP contribution in [0, 0.1) is 0 Å². The van der Waals surface area contributed by atoms with Gasteiger partial charge in [0, 0.05) is 0 Å². The van der Waals surface area contributed by atoms with Gasteiger partial charge in [0.25, 0.3) is 0 Å². The van der Waals surface area contributed by atoms with E-state index in [2.05, 4.69) is 12.6 Å². The maximum absolute atomic E-state index is 5.67. The quantitative estimate of drug-likeness (QED) is 0.542. The molecule has 15 heavy (non-hydrogen) atoms. The molecule has 0 aromatic carbocycles. The maximum Gasteiger partial charge on any atom is 0.193 e. The van der Waals surface area contributed by atoms with Crippen molar-refractivity contribution in [3.63, 3.8) is 0 Å². The molecule has 1 heterocycles. The van der Waals surface area contributed by atoms with E-state index in [0.717, 1.165) is 17.3 Å². The summed E-state index contributed by atoms with van der Waals surface area (Å²) in [6, 6.07) is 3.74. The molecule has 0 amide bonds. The van der Waals surface area contributed by atoms with Gasteiger partial charge < -0.3 is 4.42 Å². The average molecular weight is 265 g/mol.